The maximum atomic E-state index is 12.8. The molecule has 0 aromatic heterocycles. The molecular formula is C67H114O6. The number of hydrogen-bond acceptors (Lipinski definition) is 6. The van der Waals surface area contributed by atoms with Gasteiger partial charge in [0, 0.05) is 19.3 Å². The Labute approximate surface area is 451 Å². The Morgan fingerprint density at radius 2 is 0.534 bits per heavy atom. The number of unbranched alkanes of at least 4 members (excludes halogenated alkanes) is 28. The first kappa shape index (κ1) is 69.3. The molecule has 0 aromatic rings. The highest BCUT2D eigenvalue weighted by atomic mass is 16.6. The standard InChI is InChI=1S/C67H114O6/c1-4-7-10-13-16-19-22-24-26-27-28-29-30-31-32-33-34-35-36-37-38-39-40-41-42-44-45-48-51-54-57-60-66(69)72-63-64(62-71-65(68)59-56-53-50-47-21-18-15-12-9-6-3)73-67(70)61-58-55-52-49-46-43-25-23-20-17-14-11-8-5-2/h7,10,16,19,23-26,28-29,31-32,34-35,37-38,64H,4-6,8-9,11-15,17-18,20-22,27,30,33,36,39-63H2,1-3H3/b10-7-,19-16-,25-23-,26-24-,29-28-,32-31-,35-34-,38-37-. The van der Waals surface area contributed by atoms with Gasteiger partial charge in [-0.25, -0.2) is 0 Å². The highest BCUT2D eigenvalue weighted by Gasteiger charge is 2.19. The van der Waals surface area contributed by atoms with Crippen molar-refractivity contribution in [3.63, 3.8) is 0 Å². The number of carbonyl (C=O) groups excluding carboxylic acids is 3. The van der Waals surface area contributed by atoms with E-state index in [1.54, 1.807) is 0 Å². The van der Waals surface area contributed by atoms with Crippen molar-refractivity contribution in [2.75, 3.05) is 13.2 Å². The van der Waals surface area contributed by atoms with Crippen molar-refractivity contribution >= 4 is 17.9 Å². The first-order chi connectivity index (χ1) is 36.0. The fraction of sp³-hybridized carbons (Fsp3) is 0.716. The molecule has 73 heavy (non-hydrogen) atoms. The number of hydrogen-bond donors (Lipinski definition) is 0. The maximum Gasteiger partial charge on any atom is 0.306 e. The van der Waals surface area contributed by atoms with Gasteiger partial charge in [0.2, 0.25) is 0 Å². The van der Waals surface area contributed by atoms with E-state index >= 15 is 0 Å². The molecule has 1 unspecified atom stereocenters. The molecule has 0 saturated heterocycles. The normalized spacial score (nSPS) is 12.8. The summed E-state index contributed by atoms with van der Waals surface area (Å²) in [6, 6.07) is 0. The van der Waals surface area contributed by atoms with Crippen LogP contribution in [0.1, 0.15) is 290 Å². The molecule has 0 aliphatic heterocycles. The summed E-state index contributed by atoms with van der Waals surface area (Å²) in [7, 11) is 0. The van der Waals surface area contributed by atoms with Crippen LogP contribution in [0.4, 0.5) is 0 Å². The number of carbonyl (C=O) groups is 3. The van der Waals surface area contributed by atoms with Crippen molar-refractivity contribution < 1.29 is 28.6 Å². The molecule has 0 saturated carbocycles. The molecule has 0 spiro atoms. The Hall–Kier alpha value is -3.67. The summed E-state index contributed by atoms with van der Waals surface area (Å²) in [5.74, 6) is -0.890. The summed E-state index contributed by atoms with van der Waals surface area (Å²) < 4.78 is 16.8. The van der Waals surface area contributed by atoms with E-state index in [9.17, 15) is 14.4 Å². The summed E-state index contributed by atoms with van der Waals surface area (Å²) >= 11 is 0. The van der Waals surface area contributed by atoms with E-state index in [0.29, 0.717) is 19.3 Å². The Morgan fingerprint density at radius 3 is 0.849 bits per heavy atom. The highest BCUT2D eigenvalue weighted by Crippen LogP contribution is 2.15. The second-order valence-electron chi connectivity index (χ2n) is 20.2. The summed E-state index contributed by atoms with van der Waals surface area (Å²) in [5, 5.41) is 0. The molecule has 0 aliphatic rings. The summed E-state index contributed by atoms with van der Waals surface area (Å²) in [6.45, 7) is 6.50. The minimum atomic E-state index is -0.782. The van der Waals surface area contributed by atoms with Gasteiger partial charge in [0.25, 0.3) is 0 Å². The lowest BCUT2D eigenvalue weighted by Crippen LogP contribution is -2.30. The van der Waals surface area contributed by atoms with E-state index in [1.165, 1.54) is 128 Å². The molecule has 0 radical (unpaired) electrons. The quantitative estimate of drug-likeness (QED) is 0.0261. The first-order valence-corrected chi connectivity index (χ1v) is 30.7. The lowest BCUT2D eigenvalue weighted by Gasteiger charge is -2.18. The Balaban J connectivity index is 4.20. The van der Waals surface area contributed by atoms with E-state index in [1.807, 2.05) is 0 Å². The molecule has 0 heterocycles. The number of allylic oxidation sites excluding steroid dienone is 16. The third-order valence-electron chi connectivity index (χ3n) is 13.1. The second kappa shape index (κ2) is 60.9. The smallest absolute Gasteiger partial charge is 0.306 e. The van der Waals surface area contributed by atoms with Gasteiger partial charge in [0.05, 0.1) is 0 Å². The van der Waals surface area contributed by atoms with Gasteiger partial charge in [-0.3, -0.25) is 14.4 Å². The van der Waals surface area contributed by atoms with Crippen LogP contribution >= 0.6 is 0 Å². The maximum absolute atomic E-state index is 12.8. The molecule has 6 nitrogen and oxygen atoms in total. The van der Waals surface area contributed by atoms with Crippen molar-refractivity contribution in [2.24, 2.45) is 0 Å². The average Bonchev–Trinajstić information content (AvgIpc) is 3.39. The topological polar surface area (TPSA) is 78.9 Å². The number of esters is 3. The zero-order chi connectivity index (χ0) is 52.9. The largest absolute Gasteiger partial charge is 0.462 e. The fourth-order valence-corrected chi connectivity index (χ4v) is 8.48. The Kier molecular flexibility index (Phi) is 57.8. The predicted molar refractivity (Wildman–Crippen MR) is 316 cm³/mol. The molecule has 418 valence electrons. The molecule has 0 fully saturated rings. The van der Waals surface area contributed by atoms with E-state index in [2.05, 4.69) is 118 Å². The lowest BCUT2D eigenvalue weighted by atomic mass is 10.1. The van der Waals surface area contributed by atoms with Gasteiger partial charge in [0.15, 0.2) is 6.10 Å². The summed E-state index contributed by atoms with van der Waals surface area (Å²) in [6.07, 6.45) is 81.3. The molecule has 1 atom stereocenters. The molecule has 6 heteroatoms. The minimum Gasteiger partial charge on any atom is -0.462 e. The minimum absolute atomic E-state index is 0.0797. The van der Waals surface area contributed by atoms with Crippen LogP contribution in [-0.2, 0) is 28.6 Å². The number of rotatable bonds is 55. The van der Waals surface area contributed by atoms with Crippen LogP contribution in [0, 0.1) is 0 Å². The van der Waals surface area contributed by atoms with Crippen LogP contribution in [0.15, 0.2) is 97.2 Å². The van der Waals surface area contributed by atoms with Crippen LogP contribution < -0.4 is 0 Å². The van der Waals surface area contributed by atoms with Gasteiger partial charge in [-0.1, -0.05) is 266 Å². The highest BCUT2D eigenvalue weighted by molar-refractivity contribution is 5.71. The summed E-state index contributed by atoms with van der Waals surface area (Å²) in [4.78, 5) is 38.1. The van der Waals surface area contributed by atoms with Crippen LogP contribution in [0.3, 0.4) is 0 Å². The summed E-state index contributed by atoms with van der Waals surface area (Å²) in [5.41, 5.74) is 0. The van der Waals surface area contributed by atoms with Gasteiger partial charge in [-0.15, -0.1) is 0 Å². The van der Waals surface area contributed by atoms with Crippen LogP contribution in [0.25, 0.3) is 0 Å². The molecule has 0 aliphatic carbocycles. The zero-order valence-electron chi connectivity index (χ0n) is 47.9. The third kappa shape index (κ3) is 59.1. The average molecular weight is 1020 g/mol. The number of ether oxygens (including phenoxy) is 3. The molecule has 0 amide bonds. The van der Waals surface area contributed by atoms with Crippen molar-refractivity contribution in [3.8, 4) is 0 Å². The molecule has 0 bridgehead atoms. The van der Waals surface area contributed by atoms with E-state index in [-0.39, 0.29) is 31.1 Å². The zero-order valence-corrected chi connectivity index (χ0v) is 47.9. The van der Waals surface area contributed by atoms with Gasteiger partial charge in [0.1, 0.15) is 13.2 Å². The van der Waals surface area contributed by atoms with Crippen LogP contribution in [-0.4, -0.2) is 37.2 Å². The molecular weight excluding hydrogens is 901 g/mol. The van der Waals surface area contributed by atoms with Crippen LogP contribution in [0.2, 0.25) is 0 Å². The molecule has 0 rings (SSSR count). The Bertz CT molecular complexity index is 1440. The molecule has 0 N–H and O–H groups in total. The van der Waals surface area contributed by atoms with E-state index < -0.39 is 6.10 Å². The van der Waals surface area contributed by atoms with Crippen molar-refractivity contribution in [2.45, 2.75) is 297 Å². The van der Waals surface area contributed by atoms with Gasteiger partial charge >= 0.3 is 17.9 Å². The lowest BCUT2D eigenvalue weighted by molar-refractivity contribution is -0.167. The SMILES string of the molecule is CC/C=C\C/C=C\C/C=C\C/C=C\C/C=C\C/C=C\C/C=C\CCCCCCCCCCCC(=O)OCC(COC(=O)CCCCCCCCCCCC)OC(=O)CCCCCCC/C=C\CCCCCCC. The van der Waals surface area contributed by atoms with E-state index in [4.69, 9.17) is 14.2 Å². The molecule has 0 aromatic carbocycles. The first-order valence-electron chi connectivity index (χ1n) is 30.7. The second-order valence-corrected chi connectivity index (χ2v) is 20.2. The van der Waals surface area contributed by atoms with Gasteiger partial charge < -0.3 is 14.2 Å². The van der Waals surface area contributed by atoms with Gasteiger partial charge in [-0.2, -0.15) is 0 Å². The van der Waals surface area contributed by atoms with Crippen LogP contribution in [0.5, 0.6) is 0 Å². The monoisotopic (exact) mass is 1010 g/mol. The van der Waals surface area contributed by atoms with E-state index in [0.717, 1.165) is 122 Å². The van der Waals surface area contributed by atoms with Crippen molar-refractivity contribution in [1.82, 2.24) is 0 Å². The third-order valence-corrected chi connectivity index (χ3v) is 13.1. The van der Waals surface area contributed by atoms with Crippen molar-refractivity contribution in [3.05, 3.63) is 97.2 Å². The fourth-order valence-electron chi connectivity index (χ4n) is 8.48. The van der Waals surface area contributed by atoms with Crippen molar-refractivity contribution in [1.29, 1.82) is 0 Å². The Morgan fingerprint density at radius 1 is 0.288 bits per heavy atom. The predicted octanol–water partition coefficient (Wildman–Crippen LogP) is 20.9. The van der Waals surface area contributed by atoms with Gasteiger partial charge in [-0.05, 0) is 103 Å².